The number of hydrogen-bond acceptors (Lipinski definition) is 0. The second-order valence-corrected chi connectivity index (χ2v) is 8.75. The van der Waals surface area contributed by atoms with Gasteiger partial charge in [0.25, 0.3) is 0 Å². The van der Waals surface area contributed by atoms with Crippen LogP contribution in [0.2, 0.25) is 0 Å². The summed E-state index contributed by atoms with van der Waals surface area (Å²) < 4.78 is 1.36. The van der Waals surface area contributed by atoms with Crippen LogP contribution in [0.25, 0.3) is 0 Å². The first-order chi connectivity index (χ1) is 12.8. The van der Waals surface area contributed by atoms with Crippen LogP contribution in [0.1, 0.15) is 102 Å². The Kier molecular flexibility index (Phi) is 11.0. The van der Waals surface area contributed by atoms with Crippen molar-refractivity contribution >= 4 is 0 Å². The molecule has 26 heavy (non-hydrogen) atoms. The number of nitrogens with zero attached hydrogens (tertiary/aromatic N) is 1. The number of likely N-dealkylation sites (tertiary alicyclic amines) is 1. The minimum atomic E-state index is 1.26. The summed E-state index contributed by atoms with van der Waals surface area (Å²) in [6, 6.07) is 11.2. The van der Waals surface area contributed by atoms with E-state index < -0.39 is 0 Å². The number of hydrogen-bond donors (Lipinski definition) is 0. The van der Waals surface area contributed by atoms with E-state index in [9.17, 15) is 0 Å². The molecule has 0 spiro atoms. The molecule has 0 unspecified atom stereocenters. The predicted molar refractivity (Wildman–Crippen MR) is 115 cm³/mol. The Morgan fingerprint density at radius 2 is 1.15 bits per heavy atom. The van der Waals surface area contributed by atoms with Crippen molar-refractivity contribution in [2.75, 3.05) is 19.6 Å². The molecular formula is C25H44N+. The summed E-state index contributed by atoms with van der Waals surface area (Å²) in [5.41, 5.74) is 1.54. The molecule has 148 valence electrons. The van der Waals surface area contributed by atoms with Crippen LogP contribution < -0.4 is 0 Å². The minimum Gasteiger partial charge on any atom is -0.320 e. The van der Waals surface area contributed by atoms with Gasteiger partial charge in [0.15, 0.2) is 0 Å². The van der Waals surface area contributed by atoms with Gasteiger partial charge in [0.2, 0.25) is 0 Å². The molecule has 1 fully saturated rings. The topological polar surface area (TPSA) is 0 Å². The van der Waals surface area contributed by atoms with Gasteiger partial charge in [-0.15, -0.1) is 0 Å². The van der Waals surface area contributed by atoms with Crippen molar-refractivity contribution in [3.8, 4) is 0 Å². The molecule has 0 bridgehead atoms. The third kappa shape index (κ3) is 8.71. The van der Waals surface area contributed by atoms with Crippen LogP contribution in [0.15, 0.2) is 30.3 Å². The Balaban J connectivity index is 1.50. The van der Waals surface area contributed by atoms with Gasteiger partial charge in [-0.2, -0.15) is 0 Å². The fraction of sp³-hybridized carbons (Fsp3) is 0.760. The lowest BCUT2D eigenvalue weighted by Gasteiger charge is -2.34. The van der Waals surface area contributed by atoms with Gasteiger partial charge in [0, 0.05) is 18.4 Å². The highest BCUT2D eigenvalue weighted by atomic mass is 15.4. The van der Waals surface area contributed by atoms with E-state index in [0.29, 0.717) is 0 Å². The lowest BCUT2D eigenvalue weighted by atomic mass is 10.0. The Hall–Kier alpha value is -0.820. The normalized spacial score (nSPS) is 16.2. The molecule has 1 aromatic rings. The van der Waals surface area contributed by atoms with E-state index in [1.165, 1.54) is 126 Å². The fourth-order valence-electron chi connectivity index (χ4n) is 4.73. The van der Waals surface area contributed by atoms with Crippen molar-refractivity contribution in [2.45, 2.75) is 103 Å². The Morgan fingerprint density at radius 3 is 1.69 bits per heavy atom. The minimum absolute atomic E-state index is 1.26. The Labute approximate surface area is 163 Å². The summed E-state index contributed by atoms with van der Waals surface area (Å²) in [7, 11) is 0. The maximum absolute atomic E-state index is 2.32. The van der Waals surface area contributed by atoms with Crippen LogP contribution >= 0.6 is 0 Å². The van der Waals surface area contributed by atoms with Crippen LogP contribution in [-0.4, -0.2) is 24.1 Å². The van der Waals surface area contributed by atoms with Gasteiger partial charge in [0.05, 0.1) is 19.6 Å². The second-order valence-electron chi connectivity index (χ2n) is 8.75. The molecule has 0 N–H and O–H groups in total. The lowest BCUT2D eigenvalue weighted by molar-refractivity contribution is -0.930. The highest BCUT2D eigenvalue weighted by molar-refractivity contribution is 5.13. The van der Waals surface area contributed by atoms with Gasteiger partial charge >= 0.3 is 0 Å². The number of benzene rings is 1. The number of unbranched alkanes of at least 4 members (excludes halogenated alkanes) is 11. The average molecular weight is 359 g/mol. The van der Waals surface area contributed by atoms with Gasteiger partial charge in [-0.1, -0.05) is 101 Å². The van der Waals surface area contributed by atoms with Gasteiger partial charge in [-0.05, 0) is 12.8 Å². The zero-order valence-electron chi connectivity index (χ0n) is 17.6. The third-order valence-electron chi connectivity index (χ3n) is 6.36. The van der Waals surface area contributed by atoms with Crippen molar-refractivity contribution in [1.29, 1.82) is 0 Å². The molecule has 0 aromatic heterocycles. The summed E-state index contributed by atoms with van der Waals surface area (Å²) in [4.78, 5) is 0. The van der Waals surface area contributed by atoms with Crippen molar-refractivity contribution in [1.82, 2.24) is 0 Å². The summed E-state index contributed by atoms with van der Waals surface area (Å²) in [6.45, 7) is 7.79. The molecule has 1 heteroatoms. The summed E-state index contributed by atoms with van der Waals surface area (Å²) >= 11 is 0. The smallest absolute Gasteiger partial charge is 0.104 e. The largest absolute Gasteiger partial charge is 0.320 e. The van der Waals surface area contributed by atoms with Crippen molar-refractivity contribution < 1.29 is 4.48 Å². The van der Waals surface area contributed by atoms with Crippen LogP contribution in [0.3, 0.4) is 0 Å². The summed E-state index contributed by atoms with van der Waals surface area (Å²) in [5, 5.41) is 0. The van der Waals surface area contributed by atoms with Crippen LogP contribution in [0, 0.1) is 0 Å². The first-order valence-corrected chi connectivity index (χ1v) is 11.7. The fourth-order valence-corrected chi connectivity index (χ4v) is 4.73. The van der Waals surface area contributed by atoms with E-state index in [0.717, 1.165) is 0 Å². The maximum atomic E-state index is 2.32. The quantitative estimate of drug-likeness (QED) is 0.225. The number of rotatable bonds is 15. The van der Waals surface area contributed by atoms with Crippen molar-refractivity contribution in [2.24, 2.45) is 0 Å². The van der Waals surface area contributed by atoms with Gasteiger partial charge in [0.1, 0.15) is 6.54 Å². The van der Waals surface area contributed by atoms with Crippen LogP contribution in [0.4, 0.5) is 0 Å². The molecule has 1 nitrogen and oxygen atoms in total. The van der Waals surface area contributed by atoms with E-state index >= 15 is 0 Å². The van der Waals surface area contributed by atoms with Gasteiger partial charge < -0.3 is 4.48 Å². The monoisotopic (exact) mass is 358 g/mol. The van der Waals surface area contributed by atoms with Gasteiger partial charge in [-0.3, -0.25) is 0 Å². The molecule has 0 amide bonds. The SMILES string of the molecule is CCCCCCCCCCCCCC[N+]1(Cc2ccccc2)CCCC1. The zero-order valence-corrected chi connectivity index (χ0v) is 17.6. The van der Waals surface area contributed by atoms with Crippen molar-refractivity contribution in [3.63, 3.8) is 0 Å². The molecule has 2 rings (SSSR count). The first-order valence-electron chi connectivity index (χ1n) is 11.7. The summed E-state index contributed by atoms with van der Waals surface area (Å²) in [5.74, 6) is 0. The summed E-state index contributed by atoms with van der Waals surface area (Å²) in [6.07, 6.45) is 20.3. The highest BCUT2D eigenvalue weighted by Gasteiger charge is 2.31. The maximum Gasteiger partial charge on any atom is 0.104 e. The Morgan fingerprint density at radius 1 is 0.654 bits per heavy atom. The standard InChI is InChI=1S/C25H44N/c1-2-3-4-5-6-7-8-9-10-11-12-16-21-26(22-17-18-23-26)24-25-19-14-13-15-20-25/h13-15,19-20H,2-12,16-18,21-24H2,1H3/q+1. The third-order valence-corrected chi connectivity index (χ3v) is 6.36. The molecule has 1 saturated heterocycles. The van der Waals surface area contributed by atoms with Crippen LogP contribution in [-0.2, 0) is 6.54 Å². The molecule has 0 saturated carbocycles. The first kappa shape index (κ1) is 21.5. The molecule has 0 aliphatic carbocycles. The van der Waals surface area contributed by atoms with Crippen LogP contribution in [0.5, 0.6) is 0 Å². The zero-order chi connectivity index (χ0) is 18.3. The molecular weight excluding hydrogens is 314 g/mol. The van der Waals surface area contributed by atoms with E-state index in [-0.39, 0.29) is 0 Å². The second kappa shape index (κ2) is 13.4. The lowest BCUT2D eigenvalue weighted by Crippen LogP contribution is -2.45. The molecule has 0 radical (unpaired) electrons. The average Bonchev–Trinajstić information content (AvgIpc) is 3.12. The van der Waals surface area contributed by atoms with Crippen molar-refractivity contribution in [3.05, 3.63) is 35.9 Å². The Bertz CT molecular complexity index is 433. The van der Waals surface area contributed by atoms with E-state index in [4.69, 9.17) is 0 Å². The molecule has 1 heterocycles. The van der Waals surface area contributed by atoms with E-state index in [1.807, 2.05) is 0 Å². The highest BCUT2D eigenvalue weighted by Crippen LogP contribution is 2.25. The van der Waals surface area contributed by atoms with Gasteiger partial charge in [-0.25, -0.2) is 0 Å². The van der Waals surface area contributed by atoms with E-state index in [1.54, 1.807) is 0 Å². The predicted octanol–water partition coefficient (Wildman–Crippen LogP) is 7.50. The molecule has 1 aliphatic rings. The number of quaternary nitrogens is 1. The molecule has 1 aliphatic heterocycles. The van der Waals surface area contributed by atoms with E-state index in [2.05, 4.69) is 37.3 Å². The molecule has 1 aromatic carbocycles. The molecule has 0 atom stereocenters.